The van der Waals surface area contributed by atoms with Gasteiger partial charge in [0.1, 0.15) is 11.8 Å². The normalized spacial score (nSPS) is 15.1. The first-order valence-electron chi connectivity index (χ1n) is 9.89. The minimum Gasteiger partial charge on any atom is -0.497 e. The standard InChI is InChI=1S/C24H22ClN3O3/c1-31-19-9-5-8-18(13-19)26-23(29)14-21-24(30)28(15-16-6-3-2-4-7-16)22-11-10-17(25)12-20(22)27-21/h2-13,21,27H,14-15H2,1H3,(H,26,29). The second kappa shape index (κ2) is 9.10. The van der Waals surface area contributed by atoms with Crippen LogP contribution in [0.3, 0.4) is 0 Å². The summed E-state index contributed by atoms with van der Waals surface area (Å²) < 4.78 is 5.19. The van der Waals surface area contributed by atoms with Gasteiger partial charge in [0.2, 0.25) is 11.8 Å². The molecule has 0 aliphatic carbocycles. The zero-order chi connectivity index (χ0) is 21.8. The summed E-state index contributed by atoms with van der Waals surface area (Å²) in [5, 5.41) is 6.57. The van der Waals surface area contributed by atoms with Crippen molar-refractivity contribution in [1.29, 1.82) is 0 Å². The molecule has 1 unspecified atom stereocenters. The number of hydrogen-bond acceptors (Lipinski definition) is 4. The summed E-state index contributed by atoms with van der Waals surface area (Å²) in [4.78, 5) is 27.7. The molecule has 0 fully saturated rings. The van der Waals surface area contributed by atoms with E-state index in [1.54, 1.807) is 48.4 Å². The third kappa shape index (κ3) is 4.81. The van der Waals surface area contributed by atoms with Crippen LogP contribution in [0.15, 0.2) is 72.8 Å². The lowest BCUT2D eigenvalue weighted by molar-refractivity contribution is -0.123. The topological polar surface area (TPSA) is 70.7 Å². The number of nitrogens with one attached hydrogen (secondary N) is 2. The molecule has 1 aliphatic rings. The smallest absolute Gasteiger partial charge is 0.250 e. The Morgan fingerprint density at radius 3 is 2.68 bits per heavy atom. The number of anilines is 3. The maximum atomic E-state index is 13.3. The lowest BCUT2D eigenvalue weighted by Gasteiger charge is -2.35. The van der Waals surface area contributed by atoms with Crippen LogP contribution in [0.1, 0.15) is 12.0 Å². The van der Waals surface area contributed by atoms with Gasteiger partial charge in [0.15, 0.2) is 0 Å². The summed E-state index contributed by atoms with van der Waals surface area (Å²) in [6.45, 7) is 0.407. The number of nitrogens with zero attached hydrogens (tertiary/aromatic N) is 1. The molecule has 158 valence electrons. The van der Waals surface area contributed by atoms with Crippen LogP contribution in [0.5, 0.6) is 5.75 Å². The van der Waals surface area contributed by atoms with Gasteiger partial charge in [-0.3, -0.25) is 9.59 Å². The van der Waals surface area contributed by atoms with E-state index in [1.165, 1.54) is 0 Å². The molecule has 3 aromatic carbocycles. The highest BCUT2D eigenvalue weighted by molar-refractivity contribution is 6.31. The summed E-state index contributed by atoms with van der Waals surface area (Å²) in [6, 6.07) is 21.5. The van der Waals surface area contributed by atoms with Crippen LogP contribution in [0, 0.1) is 0 Å². The van der Waals surface area contributed by atoms with Crippen molar-refractivity contribution in [3.8, 4) is 5.75 Å². The molecule has 0 saturated heterocycles. The van der Waals surface area contributed by atoms with Crippen molar-refractivity contribution < 1.29 is 14.3 Å². The van der Waals surface area contributed by atoms with Gasteiger partial charge in [-0.1, -0.05) is 48.0 Å². The molecule has 0 spiro atoms. The Labute approximate surface area is 185 Å². The van der Waals surface area contributed by atoms with Crippen molar-refractivity contribution in [1.82, 2.24) is 0 Å². The molecule has 3 aromatic rings. The average Bonchev–Trinajstić information content (AvgIpc) is 2.77. The molecule has 7 heteroatoms. The van der Waals surface area contributed by atoms with E-state index in [1.807, 2.05) is 36.4 Å². The number of rotatable bonds is 6. The van der Waals surface area contributed by atoms with Crippen molar-refractivity contribution in [2.24, 2.45) is 0 Å². The van der Waals surface area contributed by atoms with Gasteiger partial charge in [0, 0.05) is 16.8 Å². The zero-order valence-corrected chi connectivity index (χ0v) is 17.7. The van der Waals surface area contributed by atoms with Gasteiger partial charge in [0.25, 0.3) is 0 Å². The molecule has 0 aromatic heterocycles. The number of halogens is 1. The van der Waals surface area contributed by atoms with Gasteiger partial charge >= 0.3 is 0 Å². The van der Waals surface area contributed by atoms with Crippen LogP contribution in [0.2, 0.25) is 5.02 Å². The molecular formula is C24H22ClN3O3. The number of benzene rings is 3. The molecule has 0 saturated carbocycles. The highest BCUT2D eigenvalue weighted by atomic mass is 35.5. The highest BCUT2D eigenvalue weighted by Crippen LogP contribution is 2.35. The maximum Gasteiger partial charge on any atom is 0.250 e. The van der Waals surface area contributed by atoms with Crippen LogP contribution < -0.4 is 20.3 Å². The second-order valence-corrected chi connectivity index (χ2v) is 7.69. The van der Waals surface area contributed by atoms with Gasteiger partial charge in [0.05, 0.1) is 31.5 Å². The Bertz CT molecular complexity index is 1100. The van der Waals surface area contributed by atoms with E-state index in [9.17, 15) is 9.59 Å². The Morgan fingerprint density at radius 1 is 1.10 bits per heavy atom. The number of carbonyl (C=O) groups excluding carboxylic acids is 2. The van der Waals surface area contributed by atoms with Crippen LogP contribution in [0.4, 0.5) is 17.1 Å². The Morgan fingerprint density at radius 2 is 1.90 bits per heavy atom. The van der Waals surface area contributed by atoms with Crippen LogP contribution in [0.25, 0.3) is 0 Å². The van der Waals surface area contributed by atoms with Crippen molar-refractivity contribution in [2.75, 3.05) is 22.6 Å². The number of methoxy groups -OCH3 is 1. The first kappa shape index (κ1) is 20.8. The van der Waals surface area contributed by atoms with Crippen molar-refractivity contribution >= 4 is 40.5 Å². The lowest BCUT2D eigenvalue weighted by atomic mass is 10.0. The van der Waals surface area contributed by atoms with E-state index >= 15 is 0 Å². The second-order valence-electron chi connectivity index (χ2n) is 7.25. The molecule has 6 nitrogen and oxygen atoms in total. The molecule has 1 aliphatic heterocycles. The number of amides is 2. The lowest BCUT2D eigenvalue weighted by Crippen LogP contribution is -2.48. The van der Waals surface area contributed by atoms with Gasteiger partial charge in [-0.05, 0) is 35.9 Å². The van der Waals surface area contributed by atoms with Crippen LogP contribution >= 0.6 is 11.6 Å². The van der Waals surface area contributed by atoms with Crippen LogP contribution in [-0.4, -0.2) is 25.0 Å². The minimum atomic E-state index is -0.708. The van der Waals surface area contributed by atoms with E-state index in [2.05, 4.69) is 10.6 Å². The van der Waals surface area contributed by atoms with Gasteiger partial charge < -0.3 is 20.3 Å². The molecular weight excluding hydrogens is 414 g/mol. The summed E-state index contributed by atoms with van der Waals surface area (Å²) in [7, 11) is 1.56. The molecule has 31 heavy (non-hydrogen) atoms. The van der Waals surface area contributed by atoms with Gasteiger partial charge in [-0.25, -0.2) is 0 Å². The molecule has 0 radical (unpaired) electrons. The molecule has 4 rings (SSSR count). The van der Waals surface area contributed by atoms with E-state index in [4.69, 9.17) is 16.3 Å². The third-order valence-electron chi connectivity index (χ3n) is 5.07. The van der Waals surface area contributed by atoms with E-state index < -0.39 is 6.04 Å². The number of ether oxygens (including phenoxy) is 1. The zero-order valence-electron chi connectivity index (χ0n) is 17.0. The Balaban J connectivity index is 1.55. The van der Waals surface area contributed by atoms with E-state index in [-0.39, 0.29) is 18.2 Å². The minimum absolute atomic E-state index is 0.0205. The Kier molecular flexibility index (Phi) is 6.09. The fraction of sp³-hybridized carbons (Fsp3) is 0.167. The van der Waals surface area contributed by atoms with Gasteiger partial charge in [-0.15, -0.1) is 0 Å². The summed E-state index contributed by atoms with van der Waals surface area (Å²) in [5.74, 6) is 0.200. The molecule has 1 atom stereocenters. The quantitative estimate of drug-likeness (QED) is 0.588. The fourth-order valence-electron chi connectivity index (χ4n) is 3.58. The van der Waals surface area contributed by atoms with Crippen molar-refractivity contribution in [2.45, 2.75) is 19.0 Å². The first-order valence-corrected chi connectivity index (χ1v) is 10.3. The third-order valence-corrected chi connectivity index (χ3v) is 5.30. The summed E-state index contributed by atoms with van der Waals surface area (Å²) in [5.41, 5.74) is 3.07. The number of fused-ring (bicyclic) bond motifs is 1. The van der Waals surface area contributed by atoms with Crippen molar-refractivity contribution in [3.63, 3.8) is 0 Å². The average molecular weight is 436 g/mol. The van der Waals surface area contributed by atoms with Gasteiger partial charge in [-0.2, -0.15) is 0 Å². The SMILES string of the molecule is COc1cccc(NC(=O)CC2Nc3cc(Cl)ccc3N(Cc3ccccc3)C2=O)c1. The monoisotopic (exact) mass is 435 g/mol. The fourth-order valence-corrected chi connectivity index (χ4v) is 3.75. The highest BCUT2D eigenvalue weighted by Gasteiger charge is 2.34. The summed E-state index contributed by atoms with van der Waals surface area (Å²) >= 11 is 6.18. The molecule has 0 bridgehead atoms. The molecule has 2 N–H and O–H groups in total. The number of carbonyl (C=O) groups is 2. The Hall–Kier alpha value is -3.51. The largest absolute Gasteiger partial charge is 0.497 e. The first-order chi connectivity index (χ1) is 15.0. The maximum absolute atomic E-state index is 13.3. The molecule has 2 amide bonds. The molecule has 1 heterocycles. The number of hydrogen-bond donors (Lipinski definition) is 2. The predicted molar refractivity (Wildman–Crippen MR) is 123 cm³/mol. The summed E-state index contributed by atoms with van der Waals surface area (Å²) in [6.07, 6.45) is -0.0205. The predicted octanol–water partition coefficient (Wildman–Crippen LogP) is 4.70. The van der Waals surface area contributed by atoms with Crippen molar-refractivity contribution in [3.05, 3.63) is 83.4 Å². The van der Waals surface area contributed by atoms with Crippen LogP contribution in [-0.2, 0) is 16.1 Å². The van der Waals surface area contributed by atoms with E-state index in [0.29, 0.717) is 23.0 Å². The van der Waals surface area contributed by atoms with E-state index in [0.717, 1.165) is 16.9 Å².